The van der Waals surface area contributed by atoms with Gasteiger partial charge in [-0.05, 0) is 6.42 Å². The summed E-state index contributed by atoms with van der Waals surface area (Å²) in [4.78, 5) is 13.9. The van der Waals surface area contributed by atoms with E-state index in [0.29, 0.717) is 19.6 Å². The molecule has 3 fully saturated rings. The molecule has 3 heterocycles. The Hall–Kier alpha value is -0.473. The summed E-state index contributed by atoms with van der Waals surface area (Å²) in [7, 11) is -3.30. The van der Waals surface area contributed by atoms with E-state index in [4.69, 9.17) is 17.7 Å². The minimum atomic E-state index is -3.30. The number of rotatable bonds is 5. The van der Waals surface area contributed by atoms with Crippen molar-refractivity contribution >= 4 is 15.0 Å². The van der Waals surface area contributed by atoms with E-state index in [1.165, 1.54) is 0 Å². The maximum absolute atomic E-state index is 11.7. The first-order valence-corrected chi connectivity index (χ1v) is 9.20. The Bertz CT molecular complexity index is 318. The van der Waals surface area contributed by atoms with Crippen molar-refractivity contribution in [2.24, 2.45) is 0 Å². The molecule has 0 spiro atoms. The molecule has 116 valence electrons. The van der Waals surface area contributed by atoms with Crippen molar-refractivity contribution < 1.29 is 22.5 Å². The Balaban J connectivity index is 2.09. The lowest BCUT2D eigenvalue weighted by Gasteiger charge is -2.39. The zero-order valence-electron chi connectivity index (χ0n) is 12.4. The van der Waals surface area contributed by atoms with Gasteiger partial charge in [0, 0.05) is 26.1 Å². The molecule has 3 aliphatic rings. The van der Waals surface area contributed by atoms with Gasteiger partial charge in [0.05, 0.1) is 19.3 Å². The van der Waals surface area contributed by atoms with Crippen LogP contribution in [-0.4, -0.2) is 58.9 Å². The van der Waals surface area contributed by atoms with Crippen LogP contribution in [0.5, 0.6) is 0 Å². The third-order valence-electron chi connectivity index (χ3n) is 3.55. The first kappa shape index (κ1) is 15.9. The standard InChI is InChI=1S/C13H25NO5Si/c1-3-5-6-12-11-14-7-9-16-20(18-12,17-10-8-14)19-13(15)4-2/h12H,3-11H2,1-2H3. The first-order valence-electron chi connectivity index (χ1n) is 7.57. The summed E-state index contributed by atoms with van der Waals surface area (Å²) >= 11 is 0. The van der Waals surface area contributed by atoms with Gasteiger partial charge in [-0.15, -0.1) is 0 Å². The molecule has 0 aliphatic carbocycles. The highest BCUT2D eigenvalue weighted by molar-refractivity contribution is 6.55. The third kappa shape index (κ3) is 4.26. The highest BCUT2D eigenvalue weighted by Crippen LogP contribution is 2.23. The molecule has 7 heteroatoms. The molecule has 1 atom stereocenters. The summed E-state index contributed by atoms with van der Waals surface area (Å²) in [5.74, 6) is -0.316. The number of hydrogen-bond donors (Lipinski definition) is 0. The topological polar surface area (TPSA) is 57.2 Å². The largest absolute Gasteiger partial charge is 0.752 e. The van der Waals surface area contributed by atoms with E-state index in [0.717, 1.165) is 38.9 Å². The van der Waals surface area contributed by atoms with E-state index < -0.39 is 9.05 Å². The predicted octanol–water partition coefficient (Wildman–Crippen LogP) is 1.31. The molecule has 2 bridgehead atoms. The average molecular weight is 303 g/mol. The fourth-order valence-corrected chi connectivity index (χ4v) is 4.50. The summed E-state index contributed by atoms with van der Waals surface area (Å²) in [6, 6.07) is 0. The van der Waals surface area contributed by atoms with Crippen molar-refractivity contribution in [3.63, 3.8) is 0 Å². The van der Waals surface area contributed by atoms with Crippen molar-refractivity contribution in [1.29, 1.82) is 0 Å². The normalized spacial score (nSPS) is 34.1. The van der Waals surface area contributed by atoms with Crippen LogP contribution >= 0.6 is 0 Å². The molecular weight excluding hydrogens is 278 g/mol. The van der Waals surface area contributed by atoms with Crippen LogP contribution in [0.3, 0.4) is 0 Å². The van der Waals surface area contributed by atoms with Gasteiger partial charge in [-0.25, -0.2) is 0 Å². The minimum absolute atomic E-state index is 0.0203. The maximum atomic E-state index is 11.7. The summed E-state index contributed by atoms with van der Waals surface area (Å²) in [6.45, 7) is 7.44. The lowest BCUT2D eigenvalue weighted by atomic mass is 10.1. The summed E-state index contributed by atoms with van der Waals surface area (Å²) in [6.07, 6.45) is 3.47. The SMILES string of the molecule is CCCCC1CN2CCO[Si](OC(=O)CC)(OCC2)O1. The monoisotopic (exact) mass is 303 g/mol. The minimum Gasteiger partial charge on any atom is -0.452 e. The van der Waals surface area contributed by atoms with Crippen LogP contribution < -0.4 is 0 Å². The molecule has 0 aromatic rings. The number of unbranched alkanes of at least 4 members (excludes halogenated alkanes) is 1. The van der Waals surface area contributed by atoms with Gasteiger partial charge in [0.2, 0.25) is 0 Å². The van der Waals surface area contributed by atoms with Crippen LogP contribution in [-0.2, 0) is 22.5 Å². The van der Waals surface area contributed by atoms with E-state index in [9.17, 15) is 4.79 Å². The fourth-order valence-electron chi connectivity index (χ4n) is 2.41. The van der Waals surface area contributed by atoms with Crippen molar-refractivity contribution in [3.8, 4) is 0 Å². The van der Waals surface area contributed by atoms with Crippen LogP contribution in [0.2, 0.25) is 0 Å². The van der Waals surface area contributed by atoms with Crippen molar-refractivity contribution in [2.45, 2.75) is 45.6 Å². The van der Waals surface area contributed by atoms with Crippen molar-refractivity contribution in [3.05, 3.63) is 0 Å². The fraction of sp³-hybridized carbons (Fsp3) is 0.923. The number of hydrogen-bond acceptors (Lipinski definition) is 6. The molecule has 6 nitrogen and oxygen atoms in total. The van der Waals surface area contributed by atoms with Crippen molar-refractivity contribution in [2.75, 3.05) is 32.8 Å². The second-order valence-electron chi connectivity index (χ2n) is 5.21. The molecule has 3 rings (SSSR count). The van der Waals surface area contributed by atoms with Crippen molar-refractivity contribution in [1.82, 2.24) is 4.90 Å². The van der Waals surface area contributed by atoms with Crippen LogP contribution in [0.15, 0.2) is 0 Å². The third-order valence-corrected chi connectivity index (χ3v) is 5.77. The second-order valence-corrected chi connectivity index (χ2v) is 7.22. The lowest BCUT2D eigenvalue weighted by Crippen LogP contribution is -2.60. The quantitative estimate of drug-likeness (QED) is 0.714. The lowest BCUT2D eigenvalue weighted by molar-refractivity contribution is -0.151. The smallest absolute Gasteiger partial charge is 0.452 e. The number of fused-ring (bicyclic) bond motifs is 6. The summed E-state index contributed by atoms with van der Waals surface area (Å²) in [5.41, 5.74) is 0. The molecule has 0 aromatic heterocycles. The molecule has 0 aromatic carbocycles. The van der Waals surface area contributed by atoms with Crippen LogP contribution in [0.4, 0.5) is 0 Å². The Morgan fingerprint density at radius 3 is 2.60 bits per heavy atom. The zero-order valence-corrected chi connectivity index (χ0v) is 13.4. The summed E-state index contributed by atoms with van der Waals surface area (Å²) < 4.78 is 23.0. The van der Waals surface area contributed by atoms with Gasteiger partial charge < -0.3 is 17.7 Å². The molecule has 0 saturated carbocycles. The van der Waals surface area contributed by atoms with Gasteiger partial charge >= 0.3 is 9.05 Å². The van der Waals surface area contributed by atoms with E-state index in [2.05, 4.69) is 11.8 Å². The zero-order chi connectivity index (χ0) is 14.4. The predicted molar refractivity (Wildman–Crippen MR) is 74.9 cm³/mol. The first-order chi connectivity index (χ1) is 9.67. The Morgan fingerprint density at radius 2 is 2.00 bits per heavy atom. The number of carbonyl (C=O) groups is 1. The second kappa shape index (κ2) is 7.51. The van der Waals surface area contributed by atoms with Crippen LogP contribution in [0.1, 0.15) is 39.5 Å². The molecule has 0 N–H and O–H groups in total. The molecule has 3 saturated heterocycles. The van der Waals surface area contributed by atoms with Crippen LogP contribution in [0, 0.1) is 0 Å². The molecule has 20 heavy (non-hydrogen) atoms. The Kier molecular flexibility index (Phi) is 5.97. The van der Waals surface area contributed by atoms with E-state index in [-0.39, 0.29) is 12.1 Å². The molecular formula is C13H25NO5Si. The highest BCUT2D eigenvalue weighted by Gasteiger charge is 2.53. The Labute approximate surface area is 121 Å². The van der Waals surface area contributed by atoms with Gasteiger partial charge in [-0.2, -0.15) is 0 Å². The van der Waals surface area contributed by atoms with E-state index in [1.807, 2.05) is 0 Å². The van der Waals surface area contributed by atoms with Gasteiger partial charge in [0.1, 0.15) is 0 Å². The highest BCUT2D eigenvalue weighted by atomic mass is 28.4. The Morgan fingerprint density at radius 1 is 1.30 bits per heavy atom. The number of carbonyl (C=O) groups excluding carboxylic acids is 1. The van der Waals surface area contributed by atoms with Gasteiger partial charge in [0.25, 0.3) is 5.97 Å². The molecule has 3 aliphatic heterocycles. The van der Waals surface area contributed by atoms with E-state index >= 15 is 0 Å². The van der Waals surface area contributed by atoms with Crippen LogP contribution in [0.25, 0.3) is 0 Å². The average Bonchev–Trinajstić information content (AvgIpc) is 2.38. The molecule has 0 amide bonds. The molecule has 0 radical (unpaired) electrons. The molecule has 1 unspecified atom stereocenters. The maximum Gasteiger partial charge on any atom is 0.752 e. The number of nitrogens with zero attached hydrogens (tertiary/aromatic N) is 1. The van der Waals surface area contributed by atoms with E-state index in [1.54, 1.807) is 6.92 Å². The van der Waals surface area contributed by atoms with Gasteiger partial charge in [-0.1, -0.05) is 26.7 Å². The van der Waals surface area contributed by atoms with Gasteiger partial charge in [-0.3, -0.25) is 9.69 Å². The summed E-state index contributed by atoms with van der Waals surface area (Å²) in [5, 5.41) is 0. The van der Waals surface area contributed by atoms with Gasteiger partial charge in [0.15, 0.2) is 0 Å².